The second kappa shape index (κ2) is 6.16. The van der Waals surface area contributed by atoms with Gasteiger partial charge in [-0.3, -0.25) is 0 Å². The van der Waals surface area contributed by atoms with Crippen molar-refractivity contribution in [3.05, 3.63) is 0 Å². The van der Waals surface area contributed by atoms with Gasteiger partial charge in [0.05, 0.1) is 37.6 Å². The van der Waals surface area contributed by atoms with E-state index in [0.717, 1.165) is 12.8 Å². The lowest BCUT2D eigenvalue weighted by molar-refractivity contribution is -0.185. The Labute approximate surface area is 112 Å². The first-order valence-corrected chi connectivity index (χ1v) is 6.75. The maximum absolute atomic E-state index is 9.67. The summed E-state index contributed by atoms with van der Waals surface area (Å²) >= 11 is 0. The summed E-state index contributed by atoms with van der Waals surface area (Å²) in [5.74, 6) is 0. The Morgan fingerprint density at radius 2 is 2.16 bits per heavy atom. The van der Waals surface area contributed by atoms with Gasteiger partial charge in [0, 0.05) is 12.8 Å². The predicted octanol–water partition coefficient (Wildman–Crippen LogP) is -0.289. The zero-order valence-corrected chi connectivity index (χ0v) is 10.9. The first-order chi connectivity index (χ1) is 9.15. The van der Waals surface area contributed by atoms with Gasteiger partial charge in [0.15, 0.2) is 0 Å². The van der Waals surface area contributed by atoms with Gasteiger partial charge in [0.25, 0.3) is 0 Å². The monoisotopic (exact) mass is 271 g/mol. The normalized spacial score (nSPS) is 39.6. The van der Waals surface area contributed by atoms with E-state index in [4.69, 9.17) is 19.8 Å². The molecule has 0 saturated carbocycles. The summed E-state index contributed by atoms with van der Waals surface area (Å²) in [5.41, 5.74) is -0.792. The summed E-state index contributed by atoms with van der Waals surface area (Å²) in [4.78, 5) is 0. The number of aliphatic hydroxyl groups is 3. The highest BCUT2D eigenvalue weighted by molar-refractivity contribution is 5.02. The zero-order valence-electron chi connectivity index (χ0n) is 10.9. The molecule has 0 aliphatic carbocycles. The molecule has 108 valence electrons. The van der Waals surface area contributed by atoms with Crippen LogP contribution in [0.2, 0.25) is 0 Å². The van der Waals surface area contributed by atoms with Crippen LogP contribution in [0, 0.1) is 11.3 Å². The van der Waals surface area contributed by atoms with Gasteiger partial charge >= 0.3 is 0 Å². The molecule has 0 aromatic rings. The lowest BCUT2D eigenvalue weighted by atomic mass is 9.86. The average molecular weight is 271 g/mol. The highest BCUT2D eigenvalue weighted by Gasteiger charge is 2.54. The van der Waals surface area contributed by atoms with E-state index in [1.807, 2.05) is 0 Å². The molecular weight excluding hydrogens is 250 g/mol. The molecule has 0 aromatic carbocycles. The lowest BCUT2D eigenvalue weighted by Crippen LogP contribution is -2.51. The van der Waals surface area contributed by atoms with Gasteiger partial charge < -0.3 is 24.8 Å². The highest BCUT2D eigenvalue weighted by atomic mass is 16.6. The average Bonchev–Trinajstić information content (AvgIpc) is 2.83. The summed E-state index contributed by atoms with van der Waals surface area (Å²) < 4.78 is 11.7. The van der Waals surface area contributed by atoms with Crippen molar-refractivity contribution in [2.45, 2.75) is 62.1 Å². The molecule has 3 unspecified atom stereocenters. The van der Waals surface area contributed by atoms with Crippen LogP contribution in [0.15, 0.2) is 0 Å². The number of ether oxygens (including phenoxy) is 2. The summed E-state index contributed by atoms with van der Waals surface area (Å²) in [6.45, 7) is -0.536. The minimum atomic E-state index is -0.949. The molecule has 3 N–H and O–H groups in total. The van der Waals surface area contributed by atoms with E-state index in [0.29, 0.717) is 19.3 Å². The van der Waals surface area contributed by atoms with Crippen molar-refractivity contribution in [2.24, 2.45) is 0 Å². The van der Waals surface area contributed by atoms with Crippen LogP contribution in [0.25, 0.3) is 0 Å². The molecule has 0 aromatic heterocycles. The first-order valence-electron chi connectivity index (χ1n) is 6.75. The summed E-state index contributed by atoms with van der Waals surface area (Å²) in [6, 6.07) is 2.09. The third-order valence-electron chi connectivity index (χ3n) is 4.09. The molecule has 0 bridgehead atoms. The fourth-order valence-corrected chi connectivity index (χ4v) is 3.02. The van der Waals surface area contributed by atoms with Crippen molar-refractivity contribution >= 4 is 0 Å². The van der Waals surface area contributed by atoms with Crippen molar-refractivity contribution in [1.82, 2.24) is 0 Å². The second-order valence-corrected chi connectivity index (χ2v) is 5.35. The Balaban J connectivity index is 2.02. The molecule has 2 heterocycles. The molecule has 5 atom stereocenters. The quantitative estimate of drug-likeness (QED) is 0.635. The van der Waals surface area contributed by atoms with Crippen LogP contribution in [0.4, 0.5) is 0 Å². The van der Waals surface area contributed by atoms with Gasteiger partial charge in [-0.15, -0.1) is 0 Å². The summed E-state index contributed by atoms with van der Waals surface area (Å²) in [7, 11) is 0. The van der Waals surface area contributed by atoms with E-state index < -0.39 is 17.8 Å². The van der Waals surface area contributed by atoms with Crippen LogP contribution in [0.3, 0.4) is 0 Å². The Morgan fingerprint density at radius 1 is 1.37 bits per heavy atom. The highest BCUT2D eigenvalue weighted by Crippen LogP contribution is 2.42. The molecule has 19 heavy (non-hydrogen) atoms. The van der Waals surface area contributed by atoms with Crippen LogP contribution < -0.4 is 0 Å². The molecule has 2 aliphatic rings. The van der Waals surface area contributed by atoms with E-state index in [-0.39, 0.29) is 25.4 Å². The summed E-state index contributed by atoms with van der Waals surface area (Å²) in [6.07, 6.45) is 1.24. The van der Waals surface area contributed by atoms with E-state index in [9.17, 15) is 10.2 Å². The van der Waals surface area contributed by atoms with Crippen LogP contribution in [0.5, 0.6) is 0 Å². The molecule has 6 nitrogen and oxygen atoms in total. The minimum absolute atomic E-state index is 0.0448. The molecular formula is C13H21NO5. The van der Waals surface area contributed by atoms with Gasteiger partial charge in [-0.2, -0.15) is 5.26 Å². The first kappa shape index (κ1) is 14.7. The Bertz CT molecular complexity index is 344. The number of aliphatic hydroxyl groups excluding tert-OH is 3. The number of rotatable bonds is 5. The van der Waals surface area contributed by atoms with Gasteiger partial charge in [-0.05, 0) is 19.3 Å². The van der Waals surface area contributed by atoms with Gasteiger partial charge in [-0.25, -0.2) is 0 Å². The maximum Gasteiger partial charge on any atom is 0.120 e. The number of hydrogen-bond donors (Lipinski definition) is 3. The van der Waals surface area contributed by atoms with E-state index >= 15 is 0 Å². The van der Waals surface area contributed by atoms with E-state index in [1.165, 1.54) is 0 Å². The molecule has 2 rings (SSSR count). The largest absolute Gasteiger partial charge is 0.394 e. The molecule has 0 spiro atoms. The number of nitriles is 1. The topological polar surface area (TPSA) is 103 Å². The zero-order chi connectivity index (χ0) is 13.9. The molecule has 2 fully saturated rings. The van der Waals surface area contributed by atoms with Crippen molar-refractivity contribution in [2.75, 3.05) is 13.2 Å². The van der Waals surface area contributed by atoms with Crippen molar-refractivity contribution in [1.29, 1.82) is 5.26 Å². The SMILES string of the molecule is N#CCCC1CCC2OC([C@H](O)CO)C[C@]2(CO)O1. The minimum Gasteiger partial charge on any atom is -0.394 e. The van der Waals surface area contributed by atoms with Crippen LogP contribution in [-0.4, -0.2) is 58.6 Å². The smallest absolute Gasteiger partial charge is 0.120 e. The molecule has 2 aliphatic heterocycles. The number of hydrogen-bond acceptors (Lipinski definition) is 6. The van der Waals surface area contributed by atoms with Crippen LogP contribution in [-0.2, 0) is 9.47 Å². The van der Waals surface area contributed by atoms with Crippen molar-refractivity contribution in [3.63, 3.8) is 0 Å². The summed E-state index contributed by atoms with van der Waals surface area (Å²) in [5, 5.41) is 36.9. The number of nitrogens with zero attached hydrogens (tertiary/aromatic N) is 1. The molecule has 0 amide bonds. The van der Waals surface area contributed by atoms with Crippen LogP contribution in [0.1, 0.15) is 32.1 Å². The van der Waals surface area contributed by atoms with Crippen LogP contribution >= 0.6 is 0 Å². The molecule has 6 heteroatoms. The Morgan fingerprint density at radius 3 is 2.79 bits per heavy atom. The fraction of sp³-hybridized carbons (Fsp3) is 0.923. The van der Waals surface area contributed by atoms with Gasteiger partial charge in [-0.1, -0.05) is 0 Å². The standard InChI is InChI=1S/C13H21NO5/c14-5-1-2-9-3-4-12-13(8-16,19-9)6-11(18-12)10(17)7-15/h9-12,15-17H,1-4,6-8H2/t9?,10-,11?,12?,13-/m1/s1. The third kappa shape index (κ3) is 2.91. The molecule has 2 saturated heterocycles. The maximum atomic E-state index is 9.67. The van der Waals surface area contributed by atoms with Crippen molar-refractivity contribution < 1.29 is 24.8 Å². The Hall–Kier alpha value is -0.710. The molecule has 0 radical (unpaired) electrons. The van der Waals surface area contributed by atoms with Gasteiger partial charge in [0.1, 0.15) is 11.7 Å². The van der Waals surface area contributed by atoms with E-state index in [2.05, 4.69) is 6.07 Å². The number of fused-ring (bicyclic) bond motifs is 1. The van der Waals surface area contributed by atoms with E-state index in [1.54, 1.807) is 0 Å². The predicted molar refractivity (Wildman–Crippen MR) is 65.1 cm³/mol. The Kier molecular flexibility index (Phi) is 4.76. The van der Waals surface area contributed by atoms with Crippen molar-refractivity contribution in [3.8, 4) is 6.07 Å². The fourth-order valence-electron chi connectivity index (χ4n) is 3.02. The third-order valence-corrected chi connectivity index (χ3v) is 4.09. The second-order valence-electron chi connectivity index (χ2n) is 5.35. The van der Waals surface area contributed by atoms with Gasteiger partial charge in [0.2, 0.25) is 0 Å². The lowest BCUT2D eigenvalue weighted by Gasteiger charge is -2.40.